The summed E-state index contributed by atoms with van der Waals surface area (Å²) in [6.07, 6.45) is 0. The molecule has 0 spiro atoms. The van der Waals surface area contributed by atoms with Crippen LogP contribution in [0.2, 0.25) is 0 Å². The van der Waals surface area contributed by atoms with Crippen LogP contribution in [0.4, 0.5) is 11.6 Å². The molecule has 2 aromatic rings. The Morgan fingerprint density at radius 1 is 1.32 bits per heavy atom. The number of sulfonamides is 1. The fourth-order valence-electron chi connectivity index (χ4n) is 1.27. The van der Waals surface area contributed by atoms with Gasteiger partial charge in [-0.25, -0.2) is 8.42 Å². The predicted octanol–water partition coefficient (Wildman–Crippen LogP) is 0.552. The molecule has 0 aliphatic rings. The molecule has 1 aromatic heterocycles. The minimum atomic E-state index is -3.90. The van der Waals surface area contributed by atoms with Crippen LogP contribution in [0.25, 0.3) is 4.72 Å². The lowest BCUT2D eigenvalue weighted by molar-refractivity contribution is -0.114. The van der Waals surface area contributed by atoms with E-state index >= 15 is 0 Å². The van der Waals surface area contributed by atoms with E-state index in [9.17, 15) is 13.2 Å². The molecular weight excluding hydrogens is 272 g/mol. The Balaban J connectivity index is 2.19. The zero-order valence-corrected chi connectivity index (χ0v) is 10.5. The second-order valence-electron chi connectivity index (χ2n) is 3.48. The van der Waals surface area contributed by atoms with Gasteiger partial charge >= 0.3 is 0 Å². The predicted molar refractivity (Wildman–Crippen MR) is 65.1 cm³/mol. The molecule has 0 radical (unpaired) electrons. The van der Waals surface area contributed by atoms with E-state index in [0.717, 1.165) is 0 Å². The number of carbonyl (C=O) groups excluding carboxylic acids is 1. The van der Waals surface area contributed by atoms with E-state index < -0.39 is 10.0 Å². The molecule has 1 aromatic carbocycles. The lowest BCUT2D eigenvalue weighted by atomic mass is 10.3. The van der Waals surface area contributed by atoms with Gasteiger partial charge in [-0.3, -0.25) is 24.9 Å². The molecular formula is C9H9N6O3S-. The van der Waals surface area contributed by atoms with Crippen molar-refractivity contribution in [3.63, 3.8) is 0 Å². The fraction of sp³-hybridized carbons (Fsp3) is 0.111. The molecule has 0 unspecified atom stereocenters. The van der Waals surface area contributed by atoms with Gasteiger partial charge < -0.3 is 5.32 Å². The molecule has 100 valence electrons. The Morgan fingerprint density at radius 2 is 2.00 bits per heavy atom. The van der Waals surface area contributed by atoms with E-state index in [-0.39, 0.29) is 16.8 Å². The highest BCUT2D eigenvalue weighted by molar-refractivity contribution is 7.94. The first kappa shape index (κ1) is 13.0. The minimum absolute atomic E-state index is 0.0357. The number of rotatable bonds is 4. The molecule has 1 heterocycles. The molecule has 10 heteroatoms. The van der Waals surface area contributed by atoms with Crippen LogP contribution < -0.4 is 5.32 Å². The number of benzene rings is 1. The van der Waals surface area contributed by atoms with Crippen LogP contribution in [-0.4, -0.2) is 34.9 Å². The summed E-state index contributed by atoms with van der Waals surface area (Å²) in [6.45, 7) is 1.36. The summed E-state index contributed by atoms with van der Waals surface area (Å²) in [5.41, 5.74) is 0.492. The topological polar surface area (TPSA) is 132 Å². The molecule has 0 saturated carbocycles. The van der Waals surface area contributed by atoms with Crippen LogP contribution in [0.5, 0.6) is 0 Å². The van der Waals surface area contributed by atoms with Crippen molar-refractivity contribution < 1.29 is 13.2 Å². The highest BCUT2D eigenvalue weighted by Crippen LogP contribution is 2.24. The largest absolute Gasteiger partial charge is 0.326 e. The maximum Gasteiger partial charge on any atom is 0.229 e. The van der Waals surface area contributed by atoms with E-state index in [1.165, 1.54) is 31.2 Å². The smallest absolute Gasteiger partial charge is 0.229 e. The second-order valence-corrected chi connectivity index (χ2v) is 5.09. The molecule has 2 rings (SSSR count). The van der Waals surface area contributed by atoms with Crippen molar-refractivity contribution in [3.05, 3.63) is 29.0 Å². The molecule has 0 aliphatic heterocycles. The summed E-state index contributed by atoms with van der Waals surface area (Å²) in [5.74, 6) is -0.516. The number of hydrogen-bond donors (Lipinski definition) is 2. The van der Waals surface area contributed by atoms with Gasteiger partial charge in [0.2, 0.25) is 15.9 Å². The lowest BCUT2D eigenvalue weighted by Crippen LogP contribution is -2.06. The van der Waals surface area contributed by atoms with E-state index in [1.54, 1.807) is 0 Å². The van der Waals surface area contributed by atoms with E-state index in [1.807, 2.05) is 0 Å². The third kappa shape index (κ3) is 3.25. The van der Waals surface area contributed by atoms with Crippen molar-refractivity contribution >= 4 is 27.6 Å². The first-order valence-corrected chi connectivity index (χ1v) is 6.50. The monoisotopic (exact) mass is 281 g/mol. The Labute approximate surface area is 108 Å². The Bertz CT molecular complexity index is 664. The number of tetrazole rings is 1. The normalized spacial score (nSPS) is 11.0. The maximum absolute atomic E-state index is 11.9. The highest BCUT2D eigenvalue weighted by atomic mass is 32.2. The molecule has 1 amide bonds. The van der Waals surface area contributed by atoms with Crippen LogP contribution in [0.3, 0.4) is 0 Å². The Kier molecular flexibility index (Phi) is 3.42. The summed E-state index contributed by atoms with van der Waals surface area (Å²) < 4.78 is 27.1. The lowest BCUT2D eigenvalue weighted by Gasteiger charge is -2.09. The Morgan fingerprint density at radius 3 is 2.53 bits per heavy atom. The number of carbonyl (C=O) groups is 1. The summed E-state index contributed by atoms with van der Waals surface area (Å²) in [5, 5.41) is 14.7. The number of nitrogens with zero attached hydrogens (tertiary/aromatic N) is 4. The number of hydrogen-bond acceptors (Lipinski definition) is 6. The number of amides is 1. The van der Waals surface area contributed by atoms with Crippen LogP contribution in [0, 0.1) is 0 Å². The van der Waals surface area contributed by atoms with Gasteiger partial charge in [-0.1, -0.05) is 0 Å². The number of H-pyrrole nitrogens is 1. The van der Waals surface area contributed by atoms with Gasteiger partial charge in [0, 0.05) is 12.6 Å². The van der Waals surface area contributed by atoms with Crippen molar-refractivity contribution in [2.75, 3.05) is 5.32 Å². The van der Waals surface area contributed by atoms with E-state index in [4.69, 9.17) is 0 Å². The summed E-state index contributed by atoms with van der Waals surface area (Å²) in [7, 11) is -3.90. The van der Waals surface area contributed by atoms with Gasteiger partial charge in [0.15, 0.2) is 0 Å². The molecule has 0 fully saturated rings. The zero-order valence-electron chi connectivity index (χ0n) is 9.73. The van der Waals surface area contributed by atoms with Crippen LogP contribution in [-0.2, 0) is 14.8 Å². The van der Waals surface area contributed by atoms with Gasteiger partial charge in [-0.15, -0.1) is 5.21 Å². The van der Waals surface area contributed by atoms with Crippen LogP contribution in [0.15, 0.2) is 29.2 Å². The SMILES string of the molecule is CC(=O)Nc1ccc(S(=O)(=O)[N-]c2nn[nH]n2)cc1. The van der Waals surface area contributed by atoms with Crippen molar-refractivity contribution in [1.29, 1.82) is 0 Å². The minimum Gasteiger partial charge on any atom is -0.326 e. The summed E-state index contributed by atoms with van der Waals surface area (Å²) in [6, 6.07) is 5.56. The van der Waals surface area contributed by atoms with Gasteiger partial charge in [-0.05, 0) is 24.3 Å². The van der Waals surface area contributed by atoms with Crippen molar-refractivity contribution in [1.82, 2.24) is 20.6 Å². The quantitative estimate of drug-likeness (QED) is 0.841. The van der Waals surface area contributed by atoms with Gasteiger partial charge in [-0.2, -0.15) is 0 Å². The fourth-order valence-corrected chi connectivity index (χ4v) is 2.15. The van der Waals surface area contributed by atoms with E-state index in [2.05, 4.69) is 30.7 Å². The van der Waals surface area contributed by atoms with Crippen molar-refractivity contribution in [2.24, 2.45) is 0 Å². The first-order chi connectivity index (χ1) is 8.97. The summed E-state index contributed by atoms with van der Waals surface area (Å²) in [4.78, 5) is 10.8. The van der Waals surface area contributed by atoms with Crippen molar-refractivity contribution in [2.45, 2.75) is 11.8 Å². The molecule has 19 heavy (non-hydrogen) atoms. The molecule has 9 nitrogen and oxygen atoms in total. The van der Waals surface area contributed by atoms with E-state index in [0.29, 0.717) is 5.69 Å². The van der Waals surface area contributed by atoms with Gasteiger partial charge in [0.25, 0.3) is 0 Å². The molecule has 0 atom stereocenters. The Hall–Kier alpha value is -2.49. The van der Waals surface area contributed by atoms with Gasteiger partial charge in [0.05, 0.1) is 10.8 Å². The average molecular weight is 281 g/mol. The number of nitrogens with one attached hydrogen (secondary N) is 2. The molecule has 0 aliphatic carbocycles. The molecule has 2 N–H and O–H groups in total. The molecule has 0 bridgehead atoms. The third-order valence-corrected chi connectivity index (χ3v) is 3.28. The second kappa shape index (κ2) is 5.02. The van der Waals surface area contributed by atoms with Crippen LogP contribution in [0.1, 0.15) is 6.92 Å². The summed E-state index contributed by atoms with van der Waals surface area (Å²) >= 11 is 0. The number of aromatic amines is 1. The van der Waals surface area contributed by atoms with Crippen molar-refractivity contribution in [3.8, 4) is 0 Å². The highest BCUT2D eigenvalue weighted by Gasteiger charge is 2.12. The third-order valence-electron chi connectivity index (χ3n) is 2.01. The maximum atomic E-state index is 11.9. The number of anilines is 1. The standard InChI is InChI=1S/C9H10N6O3S/c1-6(16)10-7-2-4-8(5-3-7)19(17,18)13-9-11-14-15-12-9/h2-5H,1H3,(H3,10,11,12,13,14,15,16)/p-1. The number of aromatic nitrogens is 4. The zero-order chi connectivity index (χ0) is 13.9. The average Bonchev–Trinajstić information content (AvgIpc) is 2.81. The molecule has 0 saturated heterocycles. The first-order valence-electron chi connectivity index (χ1n) is 5.06. The van der Waals surface area contributed by atoms with Gasteiger partial charge in [0.1, 0.15) is 0 Å². The van der Waals surface area contributed by atoms with Crippen LogP contribution >= 0.6 is 0 Å².